The van der Waals surface area contributed by atoms with Crippen molar-refractivity contribution in [1.29, 1.82) is 0 Å². The van der Waals surface area contributed by atoms with E-state index in [0.717, 1.165) is 40.2 Å². The van der Waals surface area contributed by atoms with E-state index in [2.05, 4.69) is 30.0 Å². The van der Waals surface area contributed by atoms with E-state index in [1.165, 1.54) is 19.2 Å². The van der Waals surface area contributed by atoms with Gasteiger partial charge in [0.15, 0.2) is 0 Å². The van der Waals surface area contributed by atoms with Crippen LogP contribution in [0.5, 0.6) is 0 Å². The number of carbonyl (C=O) groups is 2. The molecule has 1 atom stereocenters. The van der Waals surface area contributed by atoms with Gasteiger partial charge in [0.05, 0.1) is 19.1 Å². The zero-order valence-corrected chi connectivity index (χ0v) is 22.5. The molecule has 0 saturated heterocycles. The van der Waals surface area contributed by atoms with E-state index in [9.17, 15) is 22.8 Å². The molecule has 0 aromatic heterocycles. The van der Waals surface area contributed by atoms with Gasteiger partial charge in [-0.1, -0.05) is 56.3 Å². The van der Waals surface area contributed by atoms with Crippen LogP contribution in [0, 0.1) is 5.92 Å². The summed E-state index contributed by atoms with van der Waals surface area (Å²) >= 11 is 1.74. The van der Waals surface area contributed by atoms with Gasteiger partial charge in [-0.2, -0.15) is 13.2 Å². The summed E-state index contributed by atoms with van der Waals surface area (Å²) in [6.07, 6.45) is 5.46. The summed E-state index contributed by atoms with van der Waals surface area (Å²) in [5, 5.41) is 2.88. The summed E-state index contributed by atoms with van der Waals surface area (Å²) in [6.45, 7) is 4.54. The Kier molecular flexibility index (Phi) is 10.4. The van der Waals surface area contributed by atoms with Crippen LogP contribution in [0.3, 0.4) is 0 Å². The number of rotatable bonds is 10. The van der Waals surface area contributed by atoms with Gasteiger partial charge >= 0.3 is 12.1 Å². The molecule has 0 fully saturated rings. The van der Waals surface area contributed by atoms with Gasteiger partial charge in [0, 0.05) is 22.3 Å². The third-order valence-corrected chi connectivity index (χ3v) is 7.30. The number of benzene rings is 2. The van der Waals surface area contributed by atoms with E-state index in [1.807, 2.05) is 30.4 Å². The molecule has 1 aliphatic rings. The van der Waals surface area contributed by atoms with Crippen molar-refractivity contribution in [2.45, 2.75) is 44.5 Å². The van der Waals surface area contributed by atoms with Crippen molar-refractivity contribution >= 4 is 29.2 Å². The average Bonchev–Trinajstić information content (AvgIpc) is 3.13. The molecule has 8 heteroatoms. The van der Waals surface area contributed by atoms with Crippen LogP contribution in [0.25, 0.3) is 5.57 Å². The number of carbonyl (C=O) groups excluding carboxylic acids is 2. The van der Waals surface area contributed by atoms with Crippen LogP contribution >= 0.6 is 11.8 Å². The Hall–Kier alpha value is -3.26. The maximum absolute atomic E-state index is 12.9. The Balaban J connectivity index is 1.67. The molecular formula is C30H32F3NO3S. The lowest BCUT2D eigenvalue weighted by atomic mass is 10.0. The molecule has 4 nitrogen and oxygen atoms in total. The van der Waals surface area contributed by atoms with Crippen LogP contribution in [0.2, 0.25) is 0 Å². The fourth-order valence-corrected chi connectivity index (χ4v) is 5.38. The number of methoxy groups -OCH3 is 1. The molecule has 1 unspecified atom stereocenters. The zero-order chi connectivity index (χ0) is 27.7. The third-order valence-electron chi connectivity index (χ3n) is 5.98. The van der Waals surface area contributed by atoms with Crippen molar-refractivity contribution in [3.05, 3.63) is 100.0 Å². The average molecular weight is 544 g/mol. The normalized spacial score (nSPS) is 14.4. The molecule has 3 rings (SSSR count). The van der Waals surface area contributed by atoms with Gasteiger partial charge < -0.3 is 10.1 Å². The minimum atomic E-state index is -4.35. The first-order valence-electron chi connectivity index (χ1n) is 12.4. The van der Waals surface area contributed by atoms with Crippen LogP contribution in [0.1, 0.15) is 65.4 Å². The first-order chi connectivity index (χ1) is 18.1. The van der Waals surface area contributed by atoms with Crippen molar-refractivity contribution in [3.8, 4) is 0 Å². The molecule has 0 spiro atoms. The van der Waals surface area contributed by atoms with E-state index < -0.39 is 11.7 Å². The van der Waals surface area contributed by atoms with E-state index in [4.69, 9.17) is 0 Å². The molecule has 1 N–H and O–H groups in total. The minimum Gasteiger partial charge on any atom is -0.469 e. The van der Waals surface area contributed by atoms with E-state index in [1.54, 1.807) is 23.9 Å². The van der Waals surface area contributed by atoms with Crippen LogP contribution in [-0.2, 0) is 15.7 Å². The van der Waals surface area contributed by atoms with Gasteiger partial charge in [-0.25, -0.2) is 0 Å². The molecule has 38 heavy (non-hydrogen) atoms. The van der Waals surface area contributed by atoms with Gasteiger partial charge in [-0.3, -0.25) is 9.59 Å². The monoisotopic (exact) mass is 543 g/mol. The summed E-state index contributed by atoms with van der Waals surface area (Å²) in [6, 6.07) is 12.7. The van der Waals surface area contributed by atoms with Gasteiger partial charge in [-0.05, 0) is 65.8 Å². The standard InChI is InChI=1S/C30H32F3NO3S/c1-20(2)19-27(23-7-9-24(10-8-23)29(36)34-18-17-28(35)37-3)38-26-6-4-5-21(13-16-26)22-11-14-25(15-12-22)30(31,32)33/h5-16,20,27H,4,17-19H2,1-3H3,(H,34,36). The van der Waals surface area contributed by atoms with Crippen molar-refractivity contribution in [3.63, 3.8) is 0 Å². The number of amides is 1. The number of nitrogens with one attached hydrogen (secondary N) is 1. The van der Waals surface area contributed by atoms with Crippen LogP contribution in [0.4, 0.5) is 13.2 Å². The summed E-state index contributed by atoms with van der Waals surface area (Å²) < 4.78 is 43.3. The van der Waals surface area contributed by atoms with Crippen molar-refractivity contribution in [2.75, 3.05) is 13.7 Å². The molecule has 0 bridgehead atoms. The summed E-state index contributed by atoms with van der Waals surface area (Å²) in [5.41, 5.74) is 2.59. The highest BCUT2D eigenvalue weighted by molar-refractivity contribution is 8.03. The molecule has 202 valence electrons. The smallest absolute Gasteiger partial charge is 0.416 e. The number of allylic oxidation sites excluding steroid dienone is 5. The summed E-state index contributed by atoms with van der Waals surface area (Å²) in [7, 11) is 1.31. The Labute approximate surface area is 226 Å². The summed E-state index contributed by atoms with van der Waals surface area (Å²) in [4.78, 5) is 24.7. The molecule has 0 heterocycles. The van der Waals surface area contributed by atoms with E-state index >= 15 is 0 Å². The first-order valence-corrected chi connectivity index (χ1v) is 13.3. The minimum absolute atomic E-state index is 0.117. The SMILES string of the molecule is COC(=O)CCNC(=O)c1ccc(C(CC(C)C)SC2=CCC=C(c3ccc(C(F)(F)F)cc3)C=C2)cc1. The molecule has 1 aliphatic carbocycles. The predicted molar refractivity (Wildman–Crippen MR) is 146 cm³/mol. The number of hydrogen-bond acceptors (Lipinski definition) is 4. The highest BCUT2D eigenvalue weighted by Gasteiger charge is 2.30. The predicted octanol–water partition coefficient (Wildman–Crippen LogP) is 7.75. The van der Waals surface area contributed by atoms with Gasteiger partial charge in [0.25, 0.3) is 5.91 Å². The molecule has 0 radical (unpaired) electrons. The second-order valence-electron chi connectivity index (χ2n) is 9.35. The van der Waals surface area contributed by atoms with Gasteiger partial charge in [0.2, 0.25) is 0 Å². The lowest BCUT2D eigenvalue weighted by Gasteiger charge is -2.20. The van der Waals surface area contributed by atoms with E-state index in [-0.39, 0.29) is 30.1 Å². The number of hydrogen-bond donors (Lipinski definition) is 1. The van der Waals surface area contributed by atoms with E-state index in [0.29, 0.717) is 17.9 Å². The molecule has 2 aromatic carbocycles. The highest BCUT2D eigenvalue weighted by atomic mass is 32.2. The fraction of sp³-hybridized carbons (Fsp3) is 0.333. The number of alkyl halides is 3. The van der Waals surface area contributed by atoms with Crippen molar-refractivity contribution in [1.82, 2.24) is 5.32 Å². The first kappa shape index (κ1) is 29.3. The lowest BCUT2D eigenvalue weighted by Crippen LogP contribution is -2.26. The largest absolute Gasteiger partial charge is 0.469 e. The lowest BCUT2D eigenvalue weighted by molar-refractivity contribution is -0.140. The third kappa shape index (κ3) is 8.65. The quantitative estimate of drug-likeness (QED) is 0.311. The second kappa shape index (κ2) is 13.5. The Bertz CT molecular complexity index is 1200. The highest BCUT2D eigenvalue weighted by Crippen LogP contribution is 2.41. The number of ether oxygens (including phenoxy) is 1. The Morgan fingerprint density at radius 2 is 1.68 bits per heavy atom. The maximum atomic E-state index is 12.9. The fourth-order valence-electron chi connectivity index (χ4n) is 3.94. The van der Waals surface area contributed by atoms with Crippen LogP contribution < -0.4 is 5.32 Å². The van der Waals surface area contributed by atoms with Gasteiger partial charge in [0.1, 0.15) is 0 Å². The molecule has 2 aromatic rings. The zero-order valence-electron chi connectivity index (χ0n) is 21.7. The Morgan fingerprint density at radius 3 is 2.29 bits per heavy atom. The molecule has 0 saturated carbocycles. The second-order valence-corrected chi connectivity index (χ2v) is 10.6. The van der Waals surface area contributed by atoms with Crippen molar-refractivity contribution < 1.29 is 27.5 Å². The van der Waals surface area contributed by atoms with Crippen LogP contribution in [0.15, 0.2) is 77.7 Å². The number of esters is 1. The molecule has 0 aliphatic heterocycles. The Morgan fingerprint density at radius 1 is 1.00 bits per heavy atom. The summed E-state index contributed by atoms with van der Waals surface area (Å²) in [5.74, 6) is -0.174. The topological polar surface area (TPSA) is 55.4 Å². The maximum Gasteiger partial charge on any atom is 0.416 e. The number of halogens is 3. The van der Waals surface area contributed by atoms with Crippen molar-refractivity contribution in [2.24, 2.45) is 5.92 Å². The van der Waals surface area contributed by atoms with Crippen LogP contribution in [-0.4, -0.2) is 25.5 Å². The molecule has 1 amide bonds. The molecular weight excluding hydrogens is 511 g/mol. The number of thioether (sulfide) groups is 1. The van der Waals surface area contributed by atoms with Gasteiger partial charge in [-0.15, -0.1) is 11.8 Å².